The summed E-state index contributed by atoms with van der Waals surface area (Å²) in [5, 5.41) is 17.4. The first kappa shape index (κ1) is 13.1. The van der Waals surface area contributed by atoms with Crippen molar-refractivity contribution < 1.29 is 9.84 Å². The Hall–Kier alpha value is -1.30. The first-order valence-corrected chi connectivity index (χ1v) is 6.03. The van der Waals surface area contributed by atoms with Crippen LogP contribution in [0.15, 0.2) is 24.4 Å². The van der Waals surface area contributed by atoms with Crippen molar-refractivity contribution in [2.75, 3.05) is 6.61 Å². The zero-order valence-corrected chi connectivity index (χ0v) is 10.9. The van der Waals surface area contributed by atoms with Crippen molar-refractivity contribution in [2.24, 2.45) is 0 Å². The van der Waals surface area contributed by atoms with Crippen molar-refractivity contribution in [3.63, 3.8) is 0 Å². The lowest BCUT2D eigenvalue weighted by molar-refractivity contribution is 0.276. The number of para-hydroxylation sites is 1. The maximum atomic E-state index is 8.85. The van der Waals surface area contributed by atoms with Gasteiger partial charge in [-0.3, -0.25) is 0 Å². The highest BCUT2D eigenvalue weighted by Crippen LogP contribution is 2.32. The van der Waals surface area contributed by atoms with Crippen LogP contribution in [0.1, 0.15) is 5.69 Å². The molecule has 0 radical (unpaired) electrons. The Bertz CT molecular complexity index is 511. The SMILES string of the molecule is OCc1cn(CCOc2c(Cl)cccc2Cl)nn1. The second-order valence-electron chi connectivity index (χ2n) is 3.53. The van der Waals surface area contributed by atoms with Gasteiger partial charge < -0.3 is 9.84 Å². The van der Waals surface area contributed by atoms with Gasteiger partial charge in [-0.05, 0) is 12.1 Å². The van der Waals surface area contributed by atoms with Crippen LogP contribution in [0.3, 0.4) is 0 Å². The predicted molar refractivity (Wildman–Crippen MR) is 67.9 cm³/mol. The molecule has 0 saturated carbocycles. The molecule has 0 unspecified atom stereocenters. The number of benzene rings is 1. The second-order valence-corrected chi connectivity index (χ2v) is 4.34. The molecule has 2 rings (SSSR count). The van der Waals surface area contributed by atoms with Gasteiger partial charge in [0, 0.05) is 0 Å². The number of hydrogen-bond acceptors (Lipinski definition) is 4. The van der Waals surface area contributed by atoms with Crippen LogP contribution in [0, 0.1) is 0 Å². The summed E-state index contributed by atoms with van der Waals surface area (Å²) in [6.07, 6.45) is 1.65. The molecule has 0 aliphatic heterocycles. The van der Waals surface area contributed by atoms with Crippen molar-refractivity contribution in [3.8, 4) is 5.75 Å². The second kappa shape index (κ2) is 6.04. The molecule has 0 aliphatic carbocycles. The molecule has 18 heavy (non-hydrogen) atoms. The quantitative estimate of drug-likeness (QED) is 0.915. The number of aliphatic hydroxyl groups excluding tert-OH is 1. The molecule has 5 nitrogen and oxygen atoms in total. The number of rotatable bonds is 5. The third-order valence-corrected chi connectivity index (χ3v) is 2.83. The van der Waals surface area contributed by atoms with Gasteiger partial charge in [-0.1, -0.05) is 34.5 Å². The van der Waals surface area contributed by atoms with E-state index >= 15 is 0 Å². The molecule has 1 aromatic carbocycles. The Balaban J connectivity index is 1.92. The fourth-order valence-corrected chi connectivity index (χ4v) is 1.89. The van der Waals surface area contributed by atoms with E-state index in [0.717, 1.165) is 0 Å². The number of halogens is 2. The van der Waals surface area contributed by atoms with Gasteiger partial charge in [-0.2, -0.15) is 0 Å². The first-order chi connectivity index (χ1) is 8.70. The van der Waals surface area contributed by atoms with E-state index in [4.69, 9.17) is 33.0 Å². The molecule has 0 amide bonds. The Morgan fingerprint density at radius 3 is 2.61 bits per heavy atom. The van der Waals surface area contributed by atoms with E-state index in [1.165, 1.54) is 0 Å². The Morgan fingerprint density at radius 2 is 2.00 bits per heavy atom. The van der Waals surface area contributed by atoms with Gasteiger partial charge in [0.15, 0.2) is 5.75 Å². The maximum Gasteiger partial charge on any atom is 0.156 e. The third kappa shape index (κ3) is 3.13. The Labute approximate surface area is 114 Å². The number of nitrogens with zero attached hydrogens (tertiary/aromatic N) is 3. The van der Waals surface area contributed by atoms with Crippen LogP contribution in [0.2, 0.25) is 10.0 Å². The van der Waals surface area contributed by atoms with E-state index in [-0.39, 0.29) is 6.61 Å². The molecule has 2 aromatic rings. The van der Waals surface area contributed by atoms with E-state index in [2.05, 4.69) is 10.3 Å². The Kier molecular flexibility index (Phi) is 4.41. The molecule has 0 saturated heterocycles. The van der Waals surface area contributed by atoms with Gasteiger partial charge in [-0.15, -0.1) is 5.10 Å². The van der Waals surface area contributed by atoms with Crippen LogP contribution in [-0.2, 0) is 13.2 Å². The van der Waals surface area contributed by atoms with Crippen molar-refractivity contribution in [3.05, 3.63) is 40.1 Å². The zero-order chi connectivity index (χ0) is 13.0. The molecule has 0 fully saturated rings. The minimum Gasteiger partial charge on any atom is -0.489 e. The van der Waals surface area contributed by atoms with E-state index in [1.807, 2.05) is 0 Å². The standard InChI is InChI=1S/C11H11Cl2N3O2/c12-9-2-1-3-10(13)11(9)18-5-4-16-6-8(7-17)14-15-16/h1-3,6,17H,4-5,7H2. The lowest BCUT2D eigenvalue weighted by Crippen LogP contribution is -2.09. The smallest absolute Gasteiger partial charge is 0.156 e. The highest BCUT2D eigenvalue weighted by Gasteiger charge is 2.06. The summed E-state index contributed by atoms with van der Waals surface area (Å²) >= 11 is 11.9. The zero-order valence-electron chi connectivity index (χ0n) is 9.38. The van der Waals surface area contributed by atoms with Crippen LogP contribution < -0.4 is 4.74 Å². The summed E-state index contributed by atoms with van der Waals surface area (Å²) in [6.45, 7) is 0.726. The average Bonchev–Trinajstić information content (AvgIpc) is 2.81. The first-order valence-electron chi connectivity index (χ1n) is 5.27. The lowest BCUT2D eigenvalue weighted by atomic mass is 10.3. The summed E-state index contributed by atoms with van der Waals surface area (Å²) in [5.74, 6) is 0.461. The molecule has 1 aromatic heterocycles. The topological polar surface area (TPSA) is 60.2 Å². The maximum absolute atomic E-state index is 8.85. The van der Waals surface area contributed by atoms with Crippen LogP contribution >= 0.6 is 23.2 Å². The molecule has 1 N–H and O–H groups in total. The van der Waals surface area contributed by atoms with Gasteiger partial charge in [-0.25, -0.2) is 4.68 Å². The summed E-state index contributed by atoms with van der Waals surface area (Å²) in [5.41, 5.74) is 0.519. The minimum atomic E-state index is -0.128. The Morgan fingerprint density at radius 1 is 1.28 bits per heavy atom. The van der Waals surface area contributed by atoms with E-state index in [0.29, 0.717) is 34.6 Å². The largest absolute Gasteiger partial charge is 0.489 e. The van der Waals surface area contributed by atoms with Gasteiger partial charge in [0.1, 0.15) is 12.3 Å². The molecule has 96 valence electrons. The normalized spacial score (nSPS) is 10.6. The fourth-order valence-electron chi connectivity index (χ4n) is 1.38. The van der Waals surface area contributed by atoms with Crippen molar-refractivity contribution in [1.29, 1.82) is 0 Å². The highest BCUT2D eigenvalue weighted by atomic mass is 35.5. The van der Waals surface area contributed by atoms with Gasteiger partial charge >= 0.3 is 0 Å². The van der Waals surface area contributed by atoms with Crippen LogP contribution in [-0.4, -0.2) is 26.7 Å². The van der Waals surface area contributed by atoms with Crippen LogP contribution in [0.25, 0.3) is 0 Å². The molecule has 0 spiro atoms. The molecular formula is C11H11Cl2N3O2. The van der Waals surface area contributed by atoms with Crippen molar-refractivity contribution >= 4 is 23.2 Å². The lowest BCUT2D eigenvalue weighted by Gasteiger charge is -2.09. The average molecular weight is 288 g/mol. The molecular weight excluding hydrogens is 277 g/mol. The third-order valence-electron chi connectivity index (χ3n) is 2.23. The molecule has 0 bridgehead atoms. The molecule has 1 heterocycles. The van der Waals surface area contributed by atoms with Crippen LogP contribution in [0.4, 0.5) is 0 Å². The summed E-state index contributed by atoms with van der Waals surface area (Å²) < 4.78 is 7.08. The van der Waals surface area contributed by atoms with Crippen molar-refractivity contribution in [1.82, 2.24) is 15.0 Å². The minimum absolute atomic E-state index is 0.128. The highest BCUT2D eigenvalue weighted by molar-refractivity contribution is 6.37. The predicted octanol–water partition coefficient (Wildman–Crippen LogP) is 2.16. The fraction of sp³-hybridized carbons (Fsp3) is 0.273. The van der Waals surface area contributed by atoms with E-state index < -0.39 is 0 Å². The summed E-state index contributed by atoms with van der Waals surface area (Å²) in [6, 6.07) is 5.17. The number of hydrogen-bond donors (Lipinski definition) is 1. The number of ether oxygens (including phenoxy) is 1. The molecule has 0 aliphatic rings. The van der Waals surface area contributed by atoms with Crippen LogP contribution in [0.5, 0.6) is 5.75 Å². The number of aromatic nitrogens is 3. The summed E-state index contributed by atoms with van der Waals surface area (Å²) in [4.78, 5) is 0. The van der Waals surface area contributed by atoms with Gasteiger partial charge in [0.2, 0.25) is 0 Å². The van der Waals surface area contributed by atoms with Crippen molar-refractivity contribution in [2.45, 2.75) is 13.2 Å². The number of aliphatic hydroxyl groups is 1. The molecule has 0 atom stereocenters. The van der Waals surface area contributed by atoms with Gasteiger partial charge in [0.25, 0.3) is 0 Å². The van der Waals surface area contributed by atoms with Gasteiger partial charge in [0.05, 0.1) is 29.4 Å². The van der Waals surface area contributed by atoms with E-state index in [1.54, 1.807) is 29.1 Å². The summed E-state index contributed by atoms with van der Waals surface area (Å²) in [7, 11) is 0. The molecule has 7 heteroatoms. The van der Waals surface area contributed by atoms with E-state index in [9.17, 15) is 0 Å². The monoisotopic (exact) mass is 287 g/mol.